The molecule has 3 aromatic rings. The largest absolute Gasteiger partial charge is 0.354 e. The lowest BCUT2D eigenvalue weighted by atomic mass is 10.3. The van der Waals surface area contributed by atoms with Crippen LogP contribution in [-0.2, 0) is 17.9 Å². The van der Waals surface area contributed by atoms with E-state index in [1.54, 1.807) is 4.68 Å². The molecule has 2 aromatic heterocycles. The second-order valence-corrected chi connectivity index (χ2v) is 5.16. The summed E-state index contributed by atoms with van der Waals surface area (Å²) < 4.78 is 3.49. The average Bonchev–Trinajstić information content (AvgIpc) is 3.11. The lowest BCUT2D eigenvalue weighted by Crippen LogP contribution is -2.29. The Morgan fingerprint density at radius 1 is 1.27 bits per heavy atom. The minimum atomic E-state index is -0.0627. The van der Waals surface area contributed by atoms with E-state index >= 15 is 0 Å². The summed E-state index contributed by atoms with van der Waals surface area (Å²) in [5, 5.41) is 15.2. The minimum Gasteiger partial charge on any atom is -0.354 e. The summed E-state index contributed by atoms with van der Waals surface area (Å²) in [7, 11) is 0. The molecule has 0 bridgehead atoms. The molecule has 0 atom stereocenters. The monoisotopic (exact) mass is 298 g/mol. The van der Waals surface area contributed by atoms with Gasteiger partial charge in [0.15, 0.2) is 0 Å². The number of amides is 1. The fourth-order valence-corrected chi connectivity index (χ4v) is 2.28. The first-order valence-corrected chi connectivity index (χ1v) is 7.27. The Bertz CT molecular complexity index is 775. The van der Waals surface area contributed by atoms with E-state index in [-0.39, 0.29) is 12.5 Å². The van der Waals surface area contributed by atoms with Crippen molar-refractivity contribution in [3.8, 4) is 0 Å². The van der Waals surface area contributed by atoms with Crippen LogP contribution in [0.4, 0.5) is 0 Å². The minimum absolute atomic E-state index is 0.0627. The van der Waals surface area contributed by atoms with Crippen LogP contribution in [0.5, 0.6) is 0 Å². The molecule has 0 aliphatic rings. The summed E-state index contributed by atoms with van der Waals surface area (Å²) in [4.78, 5) is 11.9. The van der Waals surface area contributed by atoms with Gasteiger partial charge in [0.2, 0.25) is 5.91 Å². The maximum atomic E-state index is 11.9. The number of carbonyl (C=O) groups is 1. The third-order valence-corrected chi connectivity index (χ3v) is 3.37. The lowest BCUT2D eigenvalue weighted by molar-refractivity contribution is -0.121. The van der Waals surface area contributed by atoms with Crippen molar-refractivity contribution in [2.75, 3.05) is 6.54 Å². The standard InChI is InChI=1S/C15H18N6O/c1-12-7-10-20(18-12)9-4-8-16-15(22)11-21-14-6-3-2-5-13(14)17-19-21/h2-3,5-7,10H,4,8-9,11H2,1H3,(H,16,22). The molecule has 3 rings (SSSR count). The van der Waals surface area contributed by atoms with Crippen molar-refractivity contribution < 1.29 is 4.79 Å². The lowest BCUT2D eigenvalue weighted by Gasteiger charge is -2.06. The van der Waals surface area contributed by atoms with Gasteiger partial charge in [-0.2, -0.15) is 5.10 Å². The van der Waals surface area contributed by atoms with Gasteiger partial charge < -0.3 is 5.32 Å². The highest BCUT2D eigenvalue weighted by molar-refractivity contribution is 5.79. The number of hydrogen-bond acceptors (Lipinski definition) is 4. The van der Waals surface area contributed by atoms with Gasteiger partial charge in [0, 0.05) is 19.3 Å². The summed E-state index contributed by atoms with van der Waals surface area (Å²) in [6.45, 7) is 3.55. The Balaban J connectivity index is 1.46. The van der Waals surface area contributed by atoms with Gasteiger partial charge >= 0.3 is 0 Å². The molecule has 1 aromatic carbocycles. The van der Waals surface area contributed by atoms with Gasteiger partial charge in [0.1, 0.15) is 12.1 Å². The van der Waals surface area contributed by atoms with Gasteiger partial charge in [-0.25, -0.2) is 4.68 Å². The van der Waals surface area contributed by atoms with Gasteiger partial charge in [-0.05, 0) is 31.5 Å². The number of hydrogen-bond donors (Lipinski definition) is 1. The third-order valence-electron chi connectivity index (χ3n) is 3.37. The molecular weight excluding hydrogens is 280 g/mol. The molecule has 0 fully saturated rings. The predicted molar refractivity (Wildman–Crippen MR) is 82.1 cm³/mol. The van der Waals surface area contributed by atoms with E-state index in [2.05, 4.69) is 20.7 Å². The van der Waals surface area contributed by atoms with Gasteiger partial charge in [-0.3, -0.25) is 9.48 Å². The highest BCUT2D eigenvalue weighted by Gasteiger charge is 2.07. The van der Waals surface area contributed by atoms with Crippen molar-refractivity contribution in [1.29, 1.82) is 0 Å². The topological polar surface area (TPSA) is 77.6 Å². The molecule has 0 aliphatic carbocycles. The van der Waals surface area contributed by atoms with E-state index < -0.39 is 0 Å². The first kappa shape index (κ1) is 14.2. The molecular formula is C15H18N6O. The number of nitrogens with zero attached hydrogens (tertiary/aromatic N) is 5. The van der Waals surface area contributed by atoms with Crippen LogP contribution in [0.2, 0.25) is 0 Å². The summed E-state index contributed by atoms with van der Waals surface area (Å²) in [6, 6.07) is 9.56. The summed E-state index contributed by atoms with van der Waals surface area (Å²) in [5.74, 6) is -0.0627. The van der Waals surface area contributed by atoms with Crippen molar-refractivity contribution in [1.82, 2.24) is 30.1 Å². The van der Waals surface area contributed by atoms with Crippen LogP contribution in [0.1, 0.15) is 12.1 Å². The fourth-order valence-electron chi connectivity index (χ4n) is 2.28. The van der Waals surface area contributed by atoms with Crippen LogP contribution in [0.3, 0.4) is 0 Å². The van der Waals surface area contributed by atoms with Gasteiger partial charge in [0.05, 0.1) is 11.2 Å². The molecule has 1 N–H and O–H groups in total. The molecule has 0 radical (unpaired) electrons. The SMILES string of the molecule is Cc1ccn(CCCNC(=O)Cn2nnc3ccccc32)n1. The summed E-state index contributed by atoms with van der Waals surface area (Å²) in [5.41, 5.74) is 2.66. The van der Waals surface area contributed by atoms with Crippen LogP contribution in [0, 0.1) is 6.92 Å². The van der Waals surface area contributed by atoms with E-state index in [0.717, 1.165) is 29.7 Å². The van der Waals surface area contributed by atoms with Gasteiger partial charge in [0.25, 0.3) is 0 Å². The van der Waals surface area contributed by atoms with E-state index in [4.69, 9.17) is 0 Å². The molecule has 7 nitrogen and oxygen atoms in total. The number of aryl methyl sites for hydroxylation is 2. The summed E-state index contributed by atoms with van der Waals surface area (Å²) >= 11 is 0. The smallest absolute Gasteiger partial charge is 0.241 e. The highest BCUT2D eigenvalue weighted by Crippen LogP contribution is 2.09. The zero-order valence-electron chi connectivity index (χ0n) is 12.4. The highest BCUT2D eigenvalue weighted by atomic mass is 16.2. The number of rotatable bonds is 6. The van der Waals surface area contributed by atoms with Crippen molar-refractivity contribution in [3.05, 3.63) is 42.2 Å². The fraction of sp³-hybridized carbons (Fsp3) is 0.333. The number of nitrogens with one attached hydrogen (secondary N) is 1. The second kappa shape index (κ2) is 6.38. The zero-order valence-corrected chi connectivity index (χ0v) is 12.4. The predicted octanol–water partition coefficient (Wildman–Crippen LogP) is 1.14. The molecule has 0 saturated carbocycles. The molecule has 0 spiro atoms. The molecule has 2 heterocycles. The Labute approximate surface area is 127 Å². The van der Waals surface area contributed by atoms with Crippen LogP contribution in [0.25, 0.3) is 11.0 Å². The van der Waals surface area contributed by atoms with Crippen molar-refractivity contribution in [3.63, 3.8) is 0 Å². The molecule has 0 saturated heterocycles. The Hall–Kier alpha value is -2.70. The first-order chi connectivity index (χ1) is 10.7. The summed E-state index contributed by atoms with van der Waals surface area (Å²) in [6.07, 6.45) is 2.78. The Morgan fingerprint density at radius 3 is 2.95 bits per heavy atom. The van der Waals surface area contributed by atoms with Gasteiger partial charge in [-0.1, -0.05) is 17.3 Å². The molecule has 0 aliphatic heterocycles. The van der Waals surface area contributed by atoms with Gasteiger partial charge in [-0.15, -0.1) is 5.10 Å². The normalized spacial score (nSPS) is 11.0. The zero-order chi connectivity index (χ0) is 15.4. The molecule has 22 heavy (non-hydrogen) atoms. The van der Waals surface area contributed by atoms with Crippen LogP contribution < -0.4 is 5.32 Å². The molecule has 114 valence electrons. The van der Waals surface area contributed by atoms with E-state index in [1.807, 2.05) is 48.1 Å². The maximum absolute atomic E-state index is 11.9. The average molecular weight is 298 g/mol. The van der Waals surface area contributed by atoms with E-state index in [0.29, 0.717) is 6.54 Å². The number of carbonyl (C=O) groups excluding carboxylic acids is 1. The number of benzene rings is 1. The van der Waals surface area contributed by atoms with E-state index in [9.17, 15) is 4.79 Å². The quantitative estimate of drug-likeness (QED) is 0.692. The van der Waals surface area contributed by atoms with Crippen molar-refractivity contribution in [2.24, 2.45) is 0 Å². The number of para-hydroxylation sites is 1. The van der Waals surface area contributed by atoms with Crippen LogP contribution >= 0.6 is 0 Å². The molecule has 1 amide bonds. The Morgan fingerprint density at radius 2 is 2.14 bits per heavy atom. The van der Waals surface area contributed by atoms with Crippen LogP contribution in [0.15, 0.2) is 36.5 Å². The number of fused-ring (bicyclic) bond motifs is 1. The third kappa shape index (κ3) is 3.30. The van der Waals surface area contributed by atoms with Crippen molar-refractivity contribution >= 4 is 16.9 Å². The first-order valence-electron chi connectivity index (χ1n) is 7.27. The molecule has 7 heteroatoms. The second-order valence-electron chi connectivity index (χ2n) is 5.16. The van der Waals surface area contributed by atoms with E-state index in [1.165, 1.54) is 0 Å². The molecule has 0 unspecified atom stereocenters. The maximum Gasteiger partial charge on any atom is 0.241 e. The van der Waals surface area contributed by atoms with Crippen molar-refractivity contribution in [2.45, 2.75) is 26.4 Å². The van der Waals surface area contributed by atoms with Crippen LogP contribution in [-0.4, -0.2) is 37.2 Å². The number of aromatic nitrogens is 5. The Kier molecular flexibility index (Phi) is 4.13.